The zero-order valence-electron chi connectivity index (χ0n) is 23.4. The van der Waals surface area contributed by atoms with E-state index in [-0.39, 0.29) is 62.7 Å². The molecule has 4 amide bonds. The number of aromatic hydroxyl groups is 1. The number of aromatic carboxylic acids is 1. The number of nitrogens with zero attached hydrogens (tertiary/aromatic N) is 1. The predicted octanol–water partition coefficient (Wildman–Crippen LogP) is 0.101. The van der Waals surface area contributed by atoms with E-state index in [0.29, 0.717) is 10.9 Å². The summed E-state index contributed by atoms with van der Waals surface area (Å²) in [6.45, 7) is -0.628. The lowest BCUT2D eigenvalue weighted by atomic mass is 9.89. The molecular formula is C30H23N3O13. The lowest BCUT2D eigenvalue weighted by Gasteiger charge is -2.19. The summed E-state index contributed by atoms with van der Waals surface area (Å²) in [6.07, 6.45) is -5.32. The van der Waals surface area contributed by atoms with Gasteiger partial charge in [0.25, 0.3) is 23.6 Å². The fraction of sp³-hybridized carbons (Fsp3) is 0.167. The van der Waals surface area contributed by atoms with Crippen LogP contribution in [0, 0.1) is 0 Å². The monoisotopic (exact) mass is 633 g/mol. The molecule has 2 aromatic carbocycles. The number of phenolic OH excluding ortho intramolecular Hbond substituents is 1. The van der Waals surface area contributed by atoms with Gasteiger partial charge in [-0.05, 0) is 48.0 Å². The first kappa shape index (κ1) is 31.3. The summed E-state index contributed by atoms with van der Waals surface area (Å²) < 4.78 is 5.79. The van der Waals surface area contributed by atoms with Crippen LogP contribution in [0.4, 0.5) is 0 Å². The van der Waals surface area contributed by atoms with Gasteiger partial charge in [-0.1, -0.05) is 0 Å². The van der Waals surface area contributed by atoms with Crippen LogP contribution >= 0.6 is 0 Å². The van der Waals surface area contributed by atoms with Gasteiger partial charge in [0, 0.05) is 47.1 Å². The van der Waals surface area contributed by atoms with Crippen molar-refractivity contribution >= 4 is 46.5 Å². The van der Waals surface area contributed by atoms with Crippen LogP contribution in [0.5, 0.6) is 5.75 Å². The molecule has 0 saturated carbocycles. The number of rotatable bonds is 9. The number of nitrogens with one attached hydrogen (secondary N) is 2. The molecule has 2 unspecified atom stereocenters. The van der Waals surface area contributed by atoms with E-state index in [1.54, 1.807) is 0 Å². The average molecular weight is 634 g/mol. The van der Waals surface area contributed by atoms with Crippen molar-refractivity contribution in [3.05, 3.63) is 75.9 Å². The summed E-state index contributed by atoms with van der Waals surface area (Å²) in [6, 6.07) is 11.7. The van der Waals surface area contributed by atoms with E-state index in [1.807, 2.05) is 0 Å². The van der Waals surface area contributed by atoms with Gasteiger partial charge >= 0.3 is 11.9 Å². The van der Waals surface area contributed by atoms with Crippen molar-refractivity contribution in [1.82, 2.24) is 15.7 Å². The van der Waals surface area contributed by atoms with Gasteiger partial charge in [-0.25, -0.2) is 9.59 Å². The quantitative estimate of drug-likeness (QED) is 0.0814. The van der Waals surface area contributed by atoms with E-state index in [0.717, 1.165) is 0 Å². The van der Waals surface area contributed by atoms with Crippen molar-refractivity contribution in [2.75, 3.05) is 6.67 Å². The zero-order chi connectivity index (χ0) is 33.3. The van der Waals surface area contributed by atoms with Crippen LogP contribution in [-0.4, -0.2) is 79.9 Å². The maximum absolute atomic E-state index is 13.0. The molecule has 0 aromatic heterocycles. The van der Waals surface area contributed by atoms with Crippen LogP contribution in [0.1, 0.15) is 33.6 Å². The number of benzene rings is 3. The van der Waals surface area contributed by atoms with Gasteiger partial charge in [0.2, 0.25) is 0 Å². The van der Waals surface area contributed by atoms with Crippen LogP contribution in [0.2, 0.25) is 0 Å². The second kappa shape index (κ2) is 12.5. The molecule has 1 saturated heterocycles. The van der Waals surface area contributed by atoms with Gasteiger partial charge < -0.3 is 40.3 Å². The fourth-order valence-corrected chi connectivity index (χ4v) is 4.72. The van der Waals surface area contributed by atoms with Crippen molar-refractivity contribution < 1.29 is 58.4 Å². The number of carboxylic acid groups (broad SMARTS) is 1. The Kier molecular flexibility index (Phi) is 8.48. The number of aliphatic hydroxyl groups excluding tert-OH is 2. The van der Waals surface area contributed by atoms with Crippen LogP contribution < -0.4 is 16.1 Å². The Labute approximate surface area is 256 Å². The van der Waals surface area contributed by atoms with Crippen molar-refractivity contribution in [3.8, 4) is 28.2 Å². The van der Waals surface area contributed by atoms with Crippen molar-refractivity contribution in [2.24, 2.45) is 0 Å². The largest absolute Gasteiger partial charge is 0.508 e. The number of carbonyl (C=O) groups excluding carboxylic acids is 5. The number of carboxylic acids is 1. The summed E-state index contributed by atoms with van der Waals surface area (Å²) >= 11 is 0. The SMILES string of the molecule is O=C(NCNC(=O)C(O)C(O)C(=O)ON1C(=O)CCC1=O)c1ccc(C(=O)O)c(-c2c3ccc(=O)cc-3oc3cc(O)ccc23)c1. The minimum Gasteiger partial charge on any atom is -0.508 e. The van der Waals surface area contributed by atoms with E-state index < -0.39 is 54.4 Å². The maximum Gasteiger partial charge on any atom is 0.364 e. The number of fused-ring (bicyclic) bond motifs is 2. The van der Waals surface area contributed by atoms with E-state index >= 15 is 0 Å². The van der Waals surface area contributed by atoms with Crippen molar-refractivity contribution in [1.29, 1.82) is 0 Å². The summed E-state index contributed by atoms with van der Waals surface area (Å²) in [5.74, 6) is -6.85. The Balaban J connectivity index is 1.35. The molecule has 1 aliphatic carbocycles. The first-order valence-corrected chi connectivity index (χ1v) is 13.4. The smallest absolute Gasteiger partial charge is 0.364 e. The molecule has 5 rings (SSSR count). The molecule has 2 heterocycles. The number of phenols is 1. The molecule has 16 heteroatoms. The molecular weight excluding hydrogens is 610 g/mol. The van der Waals surface area contributed by atoms with E-state index in [1.165, 1.54) is 54.6 Å². The Bertz CT molecular complexity index is 1950. The normalized spacial score (nSPS) is 14.3. The number of aliphatic hydroxyl groups is 2. The molecule has 0 spiro atoms. The molecule has 0 radical (unpaired) electrons. The second-order valence-electron chi connectivity index (χ2n) is 9.99. The van der Waals surface area contributed by atoms with Gasteiger partial charge in [-0.3, -0.25) is 24.0 Å². The van der Waals surface area contributed by atoms with Crippen LogP contribution in [0.25, 0.3) is 33.4 Å². The highest BCUT2D eigenvalue weighted by Gasteiger charge is 2.38. The van der Waals surface area contributed by atoms with Crippen molar-refractivity contribution in [3.63, 3.8) is 0 Å². The second-order valence-corrected chi connectivity index (χ2v) is 9.99. The standard InChI is InChI=1S/C30H23N3O13/c34-14-2-5-17-20(10-14)45-21-11-15(35)3-6-18(21)24(17)19-9-13(1-4-16(19)29(42)43)27(40)31-12-32-28(41)25(38)26(39)30(44)46-33-22(36)7-8-23(33)37/h1-6,9-11,25-26,34,38-39H,7-8,12H2,(H,31,40)(H,32,41)(H,42,43). The third-order valence-corrected chi connectivity index (χ3v) is 6.97. The first-order valence-electron chi connectivity index (χ1n) is 13.4. The highest BCUT2D eigenvalue weighted by atomic mass is 16.7. The van der Waals surface area contributed by atoms with Gasteiger partial charge in [0.05, 0.1) is 12.2 Å². The highest BCUT2D eigenvalue weighted by Crippen LogP contribution is 2.42. The number of amides is 4. The summed E-state index contributed by atoms with van der Waals surface area (Å²) in [7, 11) is 0. The number of carbonyl (C=O) groups is 6. The molecule has 16 nitrogen and oxygen atoms in total. The number of hydrogen-bond acceptors (Lipinski definition) is 12. The zero-order valence-corrected chi connectivity index (χ0v) is 23.4. The van der Waals surface area contributed by atoms with Gasteiger partial charge in [0.15, 0.2) is 17.6 Å². The minimum absolute atomic E-state index is 0.0614. The maximum atomic E-state index is 13.0. The summed E-state index contributed by atoms with van der Waals surface area (Å²) in [5.41, 5.74) is 0.157. The van der Waals surface area contributed by atoms with E-state index in [9.17, 15) is 54.0 Å². The average Bonchev–Trinajstić information content (AvgIpc) is 3.34. The molecule has 0 bridgehead atoms. The molecule has 46 heavy (non-hydrogen) atoms. The molecule has 2 atom stereocenters. The lowest BCUT2D eigenvalue weighted by molar-refractivity contribution is -0.206. The van der Waals surface area contributed by atoms with Gasteiger partial charge in [0.1, 0.15) is 17.1 Å². The number of hydroxylamine groups is 2. The molecule has 1 fully saturated rings. The molecule has 6 N–H and O–H groups in total. The molecule has 3 aliphatic rings. The number of hydrogen-bond donors (Lipinski definition) is 6. The summed E-state index contributed by atoms with van der Waals surface area (Å²) in [5, 5.41) is 44.8. The Hall–Kier alpha value is -6.13. The fourth-order valence-electron chi connectivity index (χ4n) is 4.72. The number of imide groups is 1. The van der Waals surface area contributed by atoms with Crippen LogP contribution in [0.3, 0.4) is 0 Å². The minimum atomic E-state index is -2.48. The predicted molar refractivity (Wildman–Crippen MR) is 153 cm³/mol. The third kappa shape index (κ3) is 6.10. The Morgan fingerprint density at radius 3 is 2.28 bits per heavy atom. The third-order valence-electron chi connectivity index (χ3n) is 6.97. The van der Waals surface area contributed by atoms with Crippen LogP contribution in [0.15, 0.2) is 63.8 Å². The van der Waals surface area contributed by atoms with Crippen LogP contribution in [-0.2, 0) is 24.0 Å². The van der Waals surface area contributed by atoms with Crippen molar-refractivity contribution in [2.45, 2.75) is 25.0 Å². The molecule has 2 aliphatic heterocycles. The van der Waals surface area contributed by atoms with Gasteiger partial charge in [-0.2, -0.15) is 0 Å². The molecule has 2 aromatic rings. The topological polar surface area (TPSA) is 250 Å². The van der Waals surface area contributed by atoms with E-state index in [2.05, 4.69) is 15.5 Å². The van der Waals surface area contributed by atoms with E-state index in [4.69, 9.17) is 4.42 Å². The lowest BCUT2D eigenvalue weighted by Crippen LogP contribution is -2.50. The first-order chi connectivity index (χ1) is 21.8. The van der Waals surface area contributed by atoms with Gasteiger partial charge in [-0.15, -0.1) is 5.06 Å². The summed E-state index contributed by atoms with van der Waals surface area (Å²) in [4.78, 5) is 89.2. The Morgan fingerprint density at radius 2 is 1.59 bits per heavy atom. The molecule has 236 valence electrons. The Morgan fingerprint density at radius 1 is 0.870 bits per heavy atom. The highest BCUT2D eigenvalue weighted by molar-refractivity contribution is 6.09.